The molecular formula is C26H22F2N4O5S. The molecule has 1 aromatic carbocycles. The second-order valence-corrected chi connectivity index (χ2v) is 10.5. The van der Waals surface area contributed by atoms with Crippen LogP contribution in [0.1, 0.15) is 29.4 Å². The first-order valence-electron chi connectivity index (χ1n) is 11.7. The van der Waals surface area contributed by atoms with Crippen LogP contribution in [-0.4, -0.2) is 48.0 Å². The van der Waals surface area contributed by atoms with E-state index in [0.29, 0.717) is 35.0 Å². The third-order valence-corrected chi connectivity index (χ3v) is 7.70. The molecule has 5 rings (SSSR count). The first kappa shape index (κ1) is 25.5. The number of halogens is 2. The van der Waals surface area contributed by atoms with Gasteiger partial charge in [0.2, 0.25) is 15.3 Å². The highest BCUT2D eigenvalue weighted by Gasteiger charge is 2.35. The predicted molar refractivity (Wildman–Crippen MR) is 134 cm³/mol. The van der Waals surface area contributed by atoms with Crippen molar-refractivity contribution in [1.29, 1.82) is 0 Å². The van der Waals surface area contributed by atoms with Crippen LogP contribution in [0.25, 0.3) is 22.3 Å². The number of hydrogen-bond donors (Lipinski definition) is 1. The average Bonchev–Trinajstić information content (AvgIpc) is 3.03. The van der Waals surface area contributed by atoms with E-state index in [1.165, 1.54) is 0 Å². The second-order valence-electron chi connectivity index (χ2n) is 8.44. The van der Waals surface area contributed by atoms with Crippen molar-refractivity contribution in [3.63, 3.8) is 0 Å². The minimum Gasteiger partial charge on any atom is -0.492 e. The molecule has 1 N–H and O–H groups in total. The molecule has 1 atom stereocenters. The van der Waals surface area contributed by atoms with E-state index in [0.717, 1.165) is 17.5 Å². The Hall–Kier alpha value is -4.19. The van der Waals surface area contributed by atoms with Gasteiger partial charge in [-0.25, -0.2) is 22.2 Å². The smallest absolute Gasteiger partial charge is 0.251 e. The molecule has 4 heterocycles. The number of carbonyl (C=O) groups excluding carboxylic acids is 1. The molecule has 38 heavy (non-hydrogen) atoms. The molecule has 0 spiro atoms. The fourth-order valence-corrected chi connectivity index (χ4v) is 5.34. The lowest BCUT2D eigenvalue weighted by Crippen LogP contribution is -2.24. The van der Waals surface area contributed by atoms with Gasteiger partial charge in [0.1, 0.15) is 10.6 Å². The zero-order chi connectivity index (χ0) is 26.9. The third kappa shape index (κ3) is 4.99. The Bertz CT molecular complexity index is 1630. The number of hydrogen-bond acceptors (Lipinski definition) is 8. The van der Waals surface area contributed by atoms with Gasteiger partial charge in [-0.05, 0) is 49.4 Å². The average molecular weight is 541 g/mol. The van der Waals surface area contributed by atoms with E-state index >= 15 is 0 Å². The van der Waals surface area contributed by atoms with Gasteiger partial charge in [-0.15, -0.1) is 0 Å². The molecule has 3 aromatic heterocycles. The van der Waals surface area contributed by atoms with Crippen molar-refractivity contribution < 1.29 is 31.5 Å². The fourth-order valence-electron chi connectivity index (χ4n) is 3.95. The summed E-state index contributed by atoms with van der Waals surface area (Å²) in [6, 6.07) is 10.8. The summed E-state index contributed by atoms with van der Waals surface area (Å²) in [6.45, 7) is 2.08. The van der Waals surface area contributed by atoms with Gasteiger partial charge in [0, 0.05) is 23.6 Å². The van der Waals surface area contributed by atoms with Crippen LogP contribution in [0, 0.1) is 5.82 Å². The summed E-state index contributed by atoms with van der Waals surface area (Å²) >= 11 is 0. The van der Waals surface area contributed by atoms with Gasteiger partial charge in [-0.3, -0.25) is 14.8 Å². The van der Waals surface area contributed by atoms with Crippen LogP contribution in [0.3, 0.4) is 0 Å². The van der Waals surface area contributed by atoms with Crippen LogP contribution in [0.2, 0.25) is 0 Å². The van der Waals surface area contributed by atoms with E-state index in [9.17, 15) is 22.0 Å². The highest BCUT2D eigenvalue weighted by molar-refractivity contribution is 7.92. The molecule has 0 fully saturated rings. The number of amides is 1. The molecule has 1 aliphatic rings. The number of ether oxygens (including phenoxy) is 2. The van der Waals surface area contributed by atoms with Gasteiger partial charge in [-0.2, -0.15) is 0 Å². The van der Waals surface area contributed by atoms with Gasteiger partial charge in [-0.1, -0.05) is 0 Å². The molecule has 0 saturated heterocycles. The van der Waals surface area contributed by atoms with Crippen molar-refractivity contribution in [2.24, 2.45) is 0 Å². The molecule has 1 aliphatic heterocycles. The topological polar surface area (TPSA) is 120 Å². The third-order valence-electron chi connectivity index (χ3n) is 5.88. The van der Waals surface area contributed by atoms with Crippen LogP contribution in [0.15, 0.2) is 59.8 Å². The van der Waals surface area contributed by atoms with E-state index in [1.807, 2.05) is 25.1 Å². The quantitative estimate of drug-likeness (QED) is 0.390. The van der Waals surface area contributed by atoms with Crippen molar-refractivity contribution >= 4 is 26.6 Å². The number of nitrogens with one attached hydrogen (secondary N) is 1. The van der Waals surface area contributed by atoms with E-state index in [2.05, 4.69) is 20.3 Å². The fraction of sp³-hybridized carbons (Fsp3) is 0.231. The van der Waals surface area contributed by atoms with Gasteiger partial charge in [0.25, 0.3) is 5.91 Å². The molecule has 9 nitrogen and oxygen atoms in total. The number of alkyl halides is 1. The maximum absolute atomic E-state index is 14.6. The minimum atomic E-state index is -4.50. The van der Waals surface area contributed by atoms with Gasteiger partial charge >= 0.3 is 0 Å². The van der Waals surface area contributed by atoms with Crippen LogP contribution in [0.4, 0.5) is 8.78 Å². The predicted octanol–water partition coefficient (Wildman–Crippen LogP) is 4.01. The highest BCUT2D eigenvalue weighted by atomic mass is 32.2. The Labute approximate surface area is 216 Å². The van der Waals surface area contributed by atoms with E-state index in [4.69, 9.17) is 9.47 Å². The molecule has 0 saturated carbocycles. The van der Waals surface area contributed by atoms with Crippen LogP contribution >= 0.6 is 0 Å². The molecule has 0 unspecified atom stereocenters. The molecule has 4 aromatic rings. The van der Waals surface area contributed by atoms with Crippen LogP contribution < -0.4 is 14.8 Å². The van der Waals surface area contributed by atoms with Gasteiger partial charge < -0.3 is 14.8 Å². The van der Waals surface area contributed by atoms with Crippen molar-refractivity contribution in [2.45, 2.75) is 30.3 Å². The summed E-state index contributed by atoms with van der Waals surface area (Å²) in [5.74, 6) is -1.75. The van der Waals surface area contributed by atoms with Crippen LogP contribution in [-0.2, 0) is 16.4 Å². The molecule has 0 bridgehead atoms. The summed E-state index contributed by atoms with van der Waals surface area (Å²) in [5.41, 5.74) is -0.168. The van der Waals surface area contributed by atoms with Gasteiger partial charge in [0.15, 0.2) is 11.6 Å². The Morgan fingerprint density at radius 2 is 1.95 bits per heavy atom. The lowest BCUT2D eigenvalue weighted by atomic mass is 10.1. The van der Waals surface area contributed by atoms with Crippen molar-refractivity contribution in [1.82, 2.24) is 20.3 Å². The Kier molecular flexibility index (Phi) is 6.89. The summed E-state index contributed by atoms with van der Waals surface area (Å²) < 4.78 is 64.1. The van der Waals surface area contributed by atoms with E-state index in [1.54, 1.807) is 24.5 Å². The Morgan fingerprint density at radius 3 is 2.71 bits per heavy atom. The monoisotopic (exact) mass is 540 g/mol. The minimum absolute atomic E-state index is 0.0460. The molecule has 12 heteroatoms. The van der Waals surface area contributed by atoms with E-state index < -0.39 is 44.1 Å². The Balaban J connectivity index is 1.35. The zero-order valence-electron chi connectivity index (χ0n) is 20.1. The van der Waals surface area contributed by atoms with Gasteiger partial charge in [0.05, 0.1) is 48.6 Å². The Morgan fingerprint density at radius 1 is 1.13 bits per heavy atom. The number of benzene rings is 1. The number of pyridine rings is 3. The van der Waals surface area contributed by atoms with E-state index in [-0.39, 0.29) is 18.7 Å². The number of nitrogens with zero attached hydrogens (tertiary/aromatic N) is 3. The standard InChI is InChI=1S/C26H22F2N4O5S/c1-2-36-18-4-6-20(30-14-18)21-5-3-15-12-29-17(11-22(15)32-21)13-31-26(33)16-9-19(27)25-23(10-16)38(34,35)24(28)7-8-37-25/h3-6,9-12,14,24H,2,7-8,13H2,1H3,(H,31,33)/t24-/m1/s1. The number of aromatic nitrogens is 3. The van der Waals surface area contributed by atoms with Crippen molar-refractivity contribution in [2.75, 3.05) is 13.2 Å². The molecular weight excluding hydrogens is 518 g/mol. The maximum atomic E-state index is 14.6. The van der Waals surface area contributed by atoms with Crippen molar-refractivity contribution in [3.8, 4) is 22.9 Å². The molecule has 0 radical (unpaired) electrons. The second kappa shape index (κ2) is 10.3. The zero-order valence-corrected chi connectivity index (χ0v) is 21.0. The highest BCUT2D eigenvalue weighted by Crippen LogP contribution is 2.35. The largest absolute Gasteiger partial charge is 0.492 e. The summed E-state index contributed by atoms with van der Waals surface area (Å²) in [6.07, 6.45) is 2.79. The lowest BCUT2D eigenvalue weighted by molar-refractivity contribution is 0.0949. The first-order valence-corrected chi connectivity index (χ1v) is 13.3. The number of sulfone groups is 1. The molecule has 0 aliphatic carbocycles. The first-order chi connectivity index (χ1) is 18.3. The summed E-state index contributed by atoms with van der Waals surface area (Å²) in [5, 5.41) is 3.35. The SMILES string of the molecule is CCOc1ccc(-c2ccc3cnc(CNC(=O)c4cc(F)c5c(c4)S(=O)(=O)[C@@H](F)CCO5)cc3n2)nc1. The summed E-state index contributed by atoms with van der Waals surface area (Å²) in [4.78, 5) is 25.4. The number of fused-ring (bicyclic) bond motifs is 2. The van der Waals surface area contributed by atoms with Crippen LogP contribution in [0.5, 0.6) is 11.5 Å². The molecule has 196 valence electrons. The molecule has 1 amide bonds. The number of carbonyl (C=O) groups is 1. The van der Waals surface area contributed by atoms with Crippen molar-refractivity contribution in [3.05, 3.63) is 71.9 Å². The maximum Gasteiger partial charge on any atom is 0.251 e. The normalized spacial score (nSPS) is 16.2. The lowest BCUT2D eigenvalue weighted by Gasteiger charge is -2.12. The number of rotatable bonds is 6. The summed E-state index contributed by atoms with van der Waals surface area (Å²) in [7, 11) is -4.50.